The first kappa shape index (κ1) is 25.5. The molecule has 0 aromatic heterocycles. The monoisotopic (exact) mass is 426 g/mol. The van der Waals surface area contributed by atoms with Gasteiger partial charge in [-0.05, 0) is 12.5 Å². The van der Waals surface area contributed by atoms with E-state index in [9.17, 15) is 18.4 Å². The number of hydrogen-bond donors (Lipinski definition) is 2. The first-order chi connectivity index (χ1) is 12.0. The Morgan fingerprint density at radius 1 is 1.19 bits per heavy atom. The number of carbonyl (C=O) groups excluding carboxylic acids is 2. The Kier molecular flexibility index (Phi) is 11.4. The van der Waals surface area contributed by atoms with Crippen molar-refractivity contribution in [1.82, 2.24) is 15.1 Å². The molecule has 1 atom stereocenters. The Balaban J connectivity index is 0.00000338. The lowest BCUT2D eigenvalue weighted by Crippen LogP contribution is -2.52. The molecule has 154 valence electrons. The molecule has 1 aliphatic rings. The molecule has 10 heteroatoms. The van der Waals surface area contributed by atoms with E-state index in [4.69, 9.17) is 5.73 Å². The van der Waals surface area contributed by atoms with E-state index in [0.717, 1.165) is 6.07 Å². The lowest BCUT2D eigenvalue weighted by atomic mass is 10.0. The molecule has 0 radical (unpaired) electrons. The number of nitrogens with two attached hydrogens (primary N) is 1. The second-order valence-corrected chi connectivity index (χ2v) is 5.99. The van der Waals surface area contributed by atoms with Crippen LogP contribution in [0.15, 0.2) is 18.2 Å². The Hall–Kier alpha value is -1.48. The summed E-state index contributed by atoms with van der Waals surface area (Å²) >= 11 is 0. The minimum atomic E-state index is -0.592. The number of halogens is 4. The minimum absolute atomic E-state index is 0. The molecule has 1 aliphatic heterocycles. The highest BCUT2D eigenvalue weighted by molar-refractivity contribution is 5.86. The molecule has 2 rings (SSSR count). The lowest BCUT2D eigenvalue weighted by Gasteiger charge is -2.39. The number of nitrogens with zero attached hydrogens (tertiary/aromatic N) is 2. The fraction of sp³-hybridized carbons (Fsp3) is 0.529. The van der Waals surface area contributed by atoms with Crippen molar-refractivity contribution in [1.29, 1.82) is 0 Å². The minimum Gasteiger partial charge on any atom is -0.346 e. The van der Waals surface area contributed by atoms with Crippen molar-refractivity contribution in [2.45, 2.75) is 19.4 Å². The number of rotatable bonds is 6. The zero-order valence-electron chi connectivity index (χ0n) is 15.1. The second-order valence-electron chi connectivity index (χ2n) is 5.99. The summed E-state index contributed by atoms with van der Waals surface area (Å²) in [5, 5.41) is 2.46. The number of hydrogen-bond acceptors (Lipinski definition) is 4. The SMILES string of the molecule is CCC(c1ccc(F)cc1F)N1CCN(C(=O)CNC(=O)CN)CC1.Cl.Cl. The molecule has 2 amide bonds. The van der Waals surface area contributed by atoms with Gasteiger partial charge in [-0.1, -0.05) is 13.0 Å². The van der Waals surface area contributed by atoms with Gasteiger partial charge < -0.3 is 16.0 Å². The molecule has 1 heterocycles. The van der Waals surface area contributed by atoms with E-state index >= 15 is 0 Å². The van der Waals surface area contributed by atoms with Crippen molar-refractivity contribution in [2.24, 2.45) is 5.73 Å². The van der Waals surface area contributed by atoms with E-state index in [-0.39, 0.29) is 55.8 Å². The number of benzene rings is 1. The molecular formula is C17H26Cl2F2N4O2. The summed E-state index contributed by atoms with van der Waals surface area (Å²) in [5.41, 5.74) is 5.65. The molecular weight excluding hydrogens is 401 g/mol. The number of amides is 2. The van der Waals surface area contributed by atoms with Crippen molar-refractivity contribution in [3.8, 4) is 0 Å². The van der Waals surface area contributed by atoms with Gasteiger partial charge in [0.25, 0.3) is 0 Å². The molecule has 1 aromatic carbocycles. The van der Waals surface area contributed by atoms with Gasteiger partial charge in [0.2, 0.25) is 11.8 Å². The van der Waals surface area contributed by atoms with Crippen LogP contribution in [-0.2, 0) is 9.59 Å². The number of piperazine rings is 1. The van der Waals surface area contributed by atoms with Crippen molar-refractivity contribution in [3.63, 3.8) is 0 Å². The molecule has 1 fully saturated rings. The van der Waals surface area contributed by atoms with Gasteiger partial charge in [-0.2, -0.15) is 0 Å². The Labute approximate surface area is 170 Å². The van der Waals surface area contributed by atoms with E-state index in [1.54, 1.807) is 4.90 Å². The zero-order valence-corrected chi connectivity index (χ0v) is 16.8. The highest BCUT2D eigenvalue weighted by atomic mass is 35.5. The van der Waals surface area contributed by atoms with Crippen LogP contribution in [0.5, 0.6) is 0 Å². The fourth-order valence-corrected chi connectivity index (χ4v) is 3.09. The smallest absolute Gasteiger partial charge is 0.242 e. The van der Waals surface area contributed by atoms with Gasteiger partial charge in [0.05, 0.1) is 13.1 Å². The van der Waals surface area contributed by atoms with Crippen LogP contribution >= 0.6 is 24.8 Å². The maximum absolute atomic E-state index is 14.1. The van der Waals surface area contributed by atoms with Gasteiger partial charge in [-0.25, -0.2) is 8.78 Å². The fourth-order valence-electron chi connectivity index (χ4n) is 3.09. The van der Waals surface area contributed by atoms with Crippen LogP contribution in [0.25, 0.3) is 0 Å². The van der Waals surface area contributed by atoms with E-state index in [1.165, 1.54) is 12.1 Å². The van der Waals surface area contributed by atoms with Crippen molar-refractivity contribution in [3.05, 3.63) is 35.4 Å². The molecule has 0 aliphatic carbocycles. The summed E-state index contributed by atoms with van der Waals surface area (Å²) < 4.78 is 27.2. The first-order valence-electron chi connectivity index (χ1n) is 8.39. The Morgan fingerprint density at radius 3 is 2.33 bits per heavy atom. The van der Waals surface area contributed by atoms with Crippen LogP contribution in [0.3, 0.4) is 0 Å². The molecule has 6 nitrogen and oxygen atoms in total. The Morgan fingerprint density at radius 2 is 1.81 bits per heavy atom. The maximum atomic E-state index is 14.1. The van der Waals surface area contributed by atoms with Crippen molar-refractivity contribution < 1.29 is 18.4 Å². The zero-order chi connectivity index (χ0) is 18.4. The van der Waals surface area contributed by atoms with Crippen LogP contribution in [0.4, 0.5) is 8.78 Å². The summed E-state index contributed by atoms with van der Waals surface area (Å²) in [6.45, 7) is 3.90. The molecule has 0 saturated carbocycles. The number of carbonyl (C=O) groups is 2. The topological polar surface area (TPSA) is 78.7 Å². The molecule has 0 bridgehead atoms. The average molecular weight is 427 g/mol. The second kappa shape index (κ2) is 12.1. The van der Waals surface area contributed by atoms with Gasteiger partial charge in [-0.15, -0.1) is 24.8 Å². The lowest BCUT2D eigenvalue weighted by molar-refractivity contribution is -0.134. The van der Waals surface area contributed by atoms with Gasteiger partial charge in [0, 0.05) is 43.9 Å². The van der Waals surface area contributed by atoms with Crippen molar-refractivity contribution >= 4 is 36.6 Å². The Bertz CT molecular complexity index is 629. The van der Waals surface area contributed by atoms with Gasteiger partial charge in [0.1, 0.15) is 11.6 Å². The highest BCUT2D eigenvalue weighted by Crippen LogP contribution is 2.27. The van der Waals surface area contributed by atoms with Crippen LogP contribution in [0.1, 0.15) is 24.9 Å². The van der Waals surface area contributed by atoms with Crippen LogP contribution in [0, 0.1) is 11.6 Å². The van der Waals surface area contributed by atoms with Crippen LogP contribution < -0.4 is 11.1 Å². The molecule has 1 saturated heterocycles. The van der Waals surface area contributed by atoms with Crippen LogP contribution in [0.2, 0.25) is 0 Å². The molecule has 0 spiro atoms. The van der Waals surface area contributed by atoms with E-state index < -0.39 is 11.6 Å². The maximum Gasteiger partial charge on any atom is 0.242 e. The largest absolute Gasteiger partial charge is 0.346 e. The molecule has 1 unspecified atom stereocenters. The average Bonchev–Trinajstić information content (AvgIpc) is 2.62. The molecule has 1 aromatic rings. The predicted molar refractivity (Wildman–Crippen MR) is 104 cm³/mol. The van der Waals surface area contributed by atoms with E-state index in [1.807, 2.05) is 6.92 Å². The first-order valence-corrected chi connectivity index (χ1v) is 8.39. The summed E-state index contributed by atoms with van der Waals surface area (Å²) in [7, 11) is 0. The standard InChI is InChI=1S/C17H24F2N4O2.2ClH/c1-2-15(13-4-3-12(18)9-14(13)19)22-5-7-23(8-6-22)17(25)11-21-16(24)10-20;;/h3-4,9,15H,2,5-8,10-11,20H2,1H3,(H,21,24);2*1H. The summed E-state index contributed by atoms with van der Waals surface area (Å²) in [6, 6.07) is 3.49. The van der Waals surface area contributed by atoms with Crippen LogP contribution in [-0.4, -0.2) is 60.9 Å². The van der Waals surface area contributed by atoms with Gasteiger partial charge >= 0.3 is 0 Å². The van der Waals surface area contributed by atoms with E-state index in [0.29, 0.717) is 38.2 Å². The third-order valence-corrected chi connectivity index (χ3v) is 4.44. The van der Waals surface area contributed by atoms with E-state index in [2.05, 4.69) is 10.2 Å². The highest BCUT2D eigenvalue weighted by Gasteiger charge is 2.27. The quantitative estimate of drug-likeness (QED) is 0.721. The molecule has 27 heavy (non-hydrogen) atoms. The number of nitrogens with one attached hydrogen (secondary N) is 1. The summed E-state index contributed by atoms with van der Waals surface area (Å²) in [6.07, 6.45) is 0.684. The molecule has 3 N–H and O–H groups in total. The third-order valence-electron chi connectivity index (χ3n) is 4.44. The van der Waals surface area contributed by atoms with Gasteiger partial charge in [-0.3, -0.25) is 14.5 Å². The summed E-state index contributed by atoms with van der Waals surface area (Å²) in [4.78, 5) is 27.0. The third kappa shape index (κ3) is 6.88. The van der Waals surface area contributed by atoms with Crippen molar-refractivity contribution in [2.75, 3.05) is 39.3 Å². The van der Waals surface area contributed by atoms with Gasteiger partial charge in [0.15, 0.2) is 0 Å². The normalized spacial score (nSPS) is 15.3. The predicted octanol–water partition coefficient (Wildman–Crippen LogP) is 1.48. The summed E-state index contributed by atoms with van der Waals surface area (Å²) in [5.74, 6) is -1.67.